The summed E-state index contributed by atoms with van der Waals surface area (Å²) in [6.07, 6.45) is 1.48. The minimum Gasteiger partial charge on any atom is -0.508 e. The van der Waals surface area contributed by atoms with Crippen LogP contribution in [0, 0.1) is 5.92 Å². The molecule has 1 aromatic rings. The van der Waals surface area contributed by atoms with Crippen molar-refractivity contribution in [3.8, 4) is 5.75 Å². The predicted octanol–water partition coefficient (Wildman–Crippen LogP) is 2.15. The fourth-order valence-electron chi connectivity index (χ4n) is 2.10. The molecular formula is C12H17NO2S. The molecule has 0 amide bonds. The van der Waals surface area contributed by atoms with Crippen molar-refractivity contribution in [2.45, 2.75) is 18.9 Å². The van der Waals surface area contributed by atoms with E-state index >= 15 is 0 Å². The van der Waals surface area contributed by atoms with Gasteiger partial charge in [-0.15, -0.1) is 0 Å². The Hall–Kier alpha value is -0.870. The van der Waals surface area contributed by atoms with Crippen LogP contribution in [0.15, 0.2) is 18.2 Å². The number of aromatic hydroxyl groups is 1. The highest BCUT2D eigenvalue weighted by molar-refractivity contribution is 7.99. The zero-order valence-electron chi connectivity index (χ0n) is 9.10. The number of benzene rings is 1. The molecule has 2 rings (SSSR count). The molecule has 1 aliphatic heterocycles. The average Bonchev–Trinajstić information content (AvgIpc) is 2.32. The van der Waals surface area contributed by atoms with Crippen molar-refractivity contribution < 1.29 is 10.2 Å². The maximum absolute atomic E-state index is 10.3. The summed E-state index contributed by atoms with van der Waals surface area (Å²) in [6, 6.07) is 4.76. The number of nitrogen functional groups attached to an aromatic ring is 1. The summed E-state index contributed by atoms with van der Waals surface area (Å²) >= 11 is 1.93. The predicted molar refractivity (Wildman–Crippen MR) is 67.5 cm³/mol. The van der Waals surface area contributed by atoms with Gasteiger partial charge in [-0.3, -0.25) is 0 Å². The number of phenolic OH excluding ortho intramolecular Hbond substituents is 1. The number of aliphatic hydroxyl groups excluding tert-OH is 1. The van der Waals surface area contributed by atoms with Crippen LogP contribution >= 0.6 is 11.8 Å². The molecule has 4 heteroatoms. The summed E-state index contributed by atoms with van der Waals surface area (Å²) in [5.41, 5.74) is 7.04. The van der Waals surface area contributed by atoms with Gasteiger partial charge >= 0.3 is 0 Å². The van der Waals surface area contributed by atoms with Gasteiger partial charge in [-0.25, -0.2) is 0 Å². The van der Waals surface area contributed by atoms with Crippen molar-refractivity contribution in [1.29, 1.82) is 0 Å². The van der Waals surface area contributed by atoms with E-state index in [1.165, 1.54) is 0 Å². The first kappa shape index (κ1) is 11.6. The molecule has 1 heterocycles. The third-order valence-electron chi connectivity index (χ3n) is 3.10. The van der Waals surface area contributed by atoms with E-state index in [0.717, 1.165) is 24.3 Å². The summed E-state index contributed by atoms with van der Waals surface area (Å²) in [4.78, 5) is 0. The van der Waals surface area contributed by atoms with Gasteiger partial charge in [0, 0.05) is 11.3 Å². The Bertz CT molecular complexity index is 364. The SMILES string of the molecule is Nc1ccc(O)cc1C(O)C1CCSCC1. The molecule has 1 unspecified atom stereocenters. The van der Waals surface area contributed by atoms with E-state index in [9.17, 15) is 10.2 Å². The molecule has 0 saturated carbocycles. The molecule has 0 aromatic heterocycles. The molecule has 1 atom stereocenters. The third kappa shape index (κ3) is 2.44. The van der Waals surface area contributed by atoms with Crippen LogP contribution in [-0.2, 0) is 0 Å². The van der Waals surface area contributed by atoms with E-state index in [0.29, 0.717) is 11.3 Å². The van der Waals surface area contributed by atoms with Gasteiger partial charge in [-0.05, 0) is 48.5 Å². The molecule has 1 saturated heterocycles. The van der Waals surface area contributed by atoms with Crippen LogP contribution < -0.4 is 5.73 Å². The second-order valence-corrected chi connectivity index (χ2v) is 5.43. The summed E-state index contributed by atoms with van der Waals surface area (Å²) < 4.78 is 0. The first-order valence-corrected chi connectivity index (χ1v) is 6.68. The van der Waals surface area contributed by atoms with Crippen LogP contribution in [0.2, 0.25) is 0 Å². The first-order chi connectivity index (χ1) is 7.68. The van der Waals surface area contributed by atoms with Crippen molar-refractivity contribution >= 4 is 17.4 Å². The van der Waals surface area contributed by atoms with Gasteiger partial charge < -0.3 is 15.9 Å². The molecule has 16 heavy (non-hydrogen) atoms. The lowest BCUT2D eigenvalue weighted by atomic mass is 9.90. The van der Waals surface area contributed by atoms with Crippen LogP contribution in [0.5, 0.6) is 5.75 Å². The van der Waals surface area contributed by atoms with Crippen LogP contribution in [-0.4, -0.2) is 21.7 Å². The topological polar surface area (TPSA) is 66.5 Å². The van der Waals surface area contributed by atoms with Crippen molar-refractivity contribution in [1.82, 2.24) is 0 Å². The van der Waals surface area contributed by atoms with Crippen LogP contribution in [0.4, 0.5) is 5.69 Å². The van der Waals surface area contributed by atoms with Crippen LogP contribution in [0.1, 0.15) is 24.5 Å². The number of thioether (sulfide) groups is 1. The number of phenols is 1. The Morgan fingerprint density at radius 1 is 1.31 bits per heavy atom. The molecule has 3 nitrogen and oxygen atoms in total. The summed E-state index contributed by atoms with van der Waals surface area (Å²) in [5, 5.41) is 19.7. The normalized spacial score (nSPS) is 19.6. The van der Waals surface area contributed by atoms with Crippen LogP contribution in [0.3, 0.4) is 0 Å². The Morgan fingerprint density at radius 2 is 2.00 bits per heavy atom. The molecule has 0 aliphatic carbocycles. The molecule has 4 N–H and O–H groups in total. The lowest BCUT2D eigenvalue weighted by Crippen LogP contribution is -2.19. The zero-order chi connectivity index (χ0) is 11.5. The molecule has 88 valence electrons. The molecule has 0 radical (unpaired) electrons. The fraction of sp³-hybridized carbons (Fsp3) is 0.500. The van der Waals surface area contributed by atoms with E-state index in [1.54, 1.807) is 18.2 Å². The van der Waals surface area contributed by atoms with Crippen molar-refractivity contribution in [3.05, 3.63) is 23.8 Å². The number of rotatable bonds is 2. The molecule has 0 spiro atoms. The monoisotopic (exact) mass is 239 g/mol. The zero-order valence-corrected chi connectivity index (χ0v) is 9.91. The average molecular weight is 239 g/mol. The van der Waals surface area contributed by atoms with Crippen molar-refractivity contribution in [2.24, 2.45) is 5.92 Å². The lowest BCUT2D eigenvalue weighted by Gasteiger charge is -2.27. The second kappa shape index (κ2) is 4.97. The van der Waals surface area contributed by atoms with Crippen LogP contribution in [0.25, 0.3) is 0 Å². The highest BCUT2D eigenvalue weighted by Gasteiger charge is 2.24. The number of anilines is 1. The molecular weight excluding hydrogens is 222 g/mol. The van der Waals surface area contributed by atoms with E-state index in [-0.39, 0.29) is 11.7 Å². The van der Waals surface area contributed by atoms with E-state index in [1.807, 2.05) is 11.8 Å². The summed E-state index contributed by atoms with van der Waals surface area (Å²) in [5.74, 6) is 2.62. The Morgan fingerprint density at radius 3 is 2.69 bits per heavy atom. The largest absolute Gasteiger partial charge is 0.508 e. The lowest BCUT2D eigenvalue weighted by molar-refractivity contribution is 0.103. The number of nitrogens with two attached hydrogens (primary N) is 1. The number of hydrogen-bond acceptors (Lipinski definition) is 4. The standard InChI is InChI=1S/C12H17NO2S/c13-11-2-1-9(14)7-10(11)12(15)8-3-5-16-6-4-8/h1-2,7-8,12,14-15H,3-6,13H2. The van der Waals surface area contributed by atoms with Gasteiger partial charge in [-0.1, -0.05) is 0 Å². The summed E-state index contributed by atoms with van der Waals surface area (Å²) in [6.45, 7) is 0. The molecule has 1 aliphatic rings. The Balaban J connectivity index is 2.18. The van der Waals surface area contributed by atoms with E-state index in [4.69, 9.17) is 5.73 Å². The molecule has 0 bridgehead atoms. The second-order valence-electron chi connectivity index (χ2n) is 4.21. The van der Waals surface area contributed by atoms with Gasteiger partial charge in [0.1, 0.15) is 5.75 Å². The number of hydrogen-bond donors (Lipinski definition) is 3. The quantitative estimate of drug-likeness (QED) is 0.546. The molecule has 1 fully saturated rings. The summed E-state index contributed by atoms with van der Waals surface area (Å²) in [7, 11) is 0. The Kier molecular flexibility index (Phi) is 3.61. The van der Waals surface area contributed by atoms with E-state index in [2.05, 4.69) is 0 Å². The van der Waals surface area contributed by atoms with Crippen molar-refractivity contribution in [2.75, 3.05) is 17.2 Å². The highest BCUT2D eigenvalue weighted by atomic mass is 32.2. The molecule has 1 aromatic carbocycles. The fourth-order valence-corrected chi connectivity index (χ4v) is 3.25. The van der Waals surface area contributed by atoms with Gasteiger partial charge in [0.25, 0.3) is 0 Å². The Labute approximate surface area is 99.7 Å². The number of aliphatic hydroxyl groups is 1. The minimum atomic E-state index is -0.548. The first-order valence-electron chi connectivity index (χ1n) is 5.52. The maximum Gasteiger partial charge on any atom is 0.116 e. The maximum atomic E-state index is 10.3. The van der Waals surface area contributed by atoms with Gasteiger partial charge in [0.15, 0.2) is 0 Å². The van der Waals surface area contributed by atoms with Crippen molar-refractivity contribution in [3.63, 3.8) is 0 Å². The van der Waals surface area contributed by atoms with Gasteiger partial charge in [0.2, 0.25) is 0 Å². The highest BCUT2D eigenvalue weighted by Crippen LogP contribution is 2.36. The third-order valence-corrected chi connectivity index (χ3v) is 4.15. The minimum absolute atomic E-state index is 0.161. The van der Waals surface area contributed by atoms with Gasteiger partial charge in [0.05, 0.1) is 6.10 Å². The smallest absolute Gasteiger partial charge is 0.116 e. The van der Waals surface area contributed by atoms with Gasteiger partial charge in [-0.2, -0.15) is 11.8 Å². The van der Waals surface area contributed by atoms with E-state index < -0.39 is 6.10 Å².